The van der Waals surface area contributed by atoms with E-state index in [1.165, 1.54) is 0 Å². The molecule has 0 aliphatic rings. The van der Waals surface area contributed by atoms with Gasteiger partial charge in [-0.2, -0.15) is 5.12 Å². The predicted molar refractivity (Wildman–Crippen MR) is 39.7 cm³/mol. The fourth-order valence-electron chi connectivity index (χ4n) is 0.684. The minimum Gasteiger partial charge on any atom is -0.245 e. The maximum Gasteiger partial charge on any atom is 0.0285 e. The Morgan fingerprint density at radius 2 is 2.00 bits per heavy atom. The van der Waals surface area contributed by atoms with Crippen molar-refractivity contribution in [1.82, 2.24) is 16.0 Å². The molecule has 0 atom stereocenters. The Hall–Kier alpha value is -0.120. The minimum atomic E-state index is 0.973. The molecule has 0 rings (SSSR count). The molecule has 0 aromatic rings. The van der Waals surface area contributed by atoms with Gasteiger partial charge < -0.3 is 0 Å². The standard InChI is InChI=1S/C6H17N3/c1-4-6-9(7-3)8-5-2/h7-8H,4-6H2,1-3H3. The van der Waals surface area contributed by atoms with Crippen molar-refractivity contribution in [1.29, 1.82) is 0 Å². The third-order valence-electron chi connectivity index (χ3n) is 1.07. The normalized spacial score (nSPS) is 10.7. The molecule has 0 spiro atoms. The molecule has 0 saturated carbocycles. The molecule has 0 amide bonds. The van der Waals surface area contributed by atoms with Crippen molar-refractivity contribution in [2.75, 3.05) is 20.1 Å². The lowest BCUT2D eigenvalue weighted by Crippen LogP contribution is -2.46. The second-order valence-corrected chi connectivity index (χ2v) is 1.89. The molecule has 0 unspecified atom stereocenters. The summed E-state index contributed by atoms with van der Waals surface area (Å²) in [6, 6.07) is 0. The lowest BCUT2D eigenvalue weighted by Gasteiger charge is -2.19. The number of hydrogen-bond acceptors (Lipinski definition) is 3. The van der Waals surface area contributed by atoms with Crippen LogP contribution in [0.2, 0.25) is 0 Å². The zero-order chi connectivity index (χ0) is 7.11. The van der Waals surface area contributed by atoms with Gasteiger partial charge in [0, 0.05) is 20.1 Å². The average molecular weight is 131 g/mol. The summed E-state index contributed by atoms with van der Waals surface area (Å²) in [7, 11) is 1.92. The largest absolute Gasteiger partial charge is 0.245 e. The molecule has 0 aliphatic carbocycles. The van der Waals surface area contributed by atoms with Crippen LogP contribution in [0.3, 0.4) is 0 Å². The van der Waals surface area contributed by atoms with Gasteiger partial charge in [0.1, 0.15) is 0 Å². The van der Waals surface area contributed by atoms with Gasteiger partial charge in [-0.25, -0.2) is 10.9 Å². The average Bonchev–Trinajstić information content (AvgIpc) is 1.88. The molecule has 0 aromatic carbocycles. The van der Waals surface area contributed by atoms with Crippen molar-refractivity contribution >= 4 is 0 Å². The van der Waals surface area contributed by atoms with Crippen LogP contribution in [0.15, 0.2) is 0 Å². The minimum absolute atomic E-state index is 0.973. The van der Waals surface area contributed by atoms with Gasteiger partial charge in [-0.1, -0.05) is 13.8 Å². The Labute approximate surface area is 57.4 Å². The van der Waals surface area contributed by atoms with Crippen molar-refractivity contribution in [2.24, 2.45) is 0 Å². The van der Waals surface area contributed by atoms with Gasteiger partial charge in [0.05, 0.1) is 0 Å². The predicted octanol–water partition coefficient (Wildman–Crippen LogP) is 0.357. The summed E-state index contributed by atoms with van der Waals surface area (Å²) >= 11 is 0. The maximum absolute atomic E-state index is 3.16. The quantitative estimate of drug-likeness (QED) is 0.527. The zero-order valence-corrected chi connectivity index (χ0v) is 6.57. The Bertz CT molecular complexity index is 50.3. The number of rotatable bonds is 5. The number of hydrazine groups is 2. The van der Waals surface area contributed by atoms with Gasteiger partial charge in [0.2, 0.25) is 0 Å². The van der Waals surface area contributed by atoms with E-state index in [0.717, 1.165) is 19.5 Å². The van der Waals surface area contributed by atoms with Crippen LogP contribution in [0.5, 0.6) is 0 Å². The summed E-state index contributed by atoms with van der Waals surface area (Å²) in [5.41, 5.74) is 6.18. The lowest BCUT2D eigenvalue weighted by atomic mass is 10.5. The highest BCUT2D eigenvalue weighted by molar-refractivity contribution is 4.38. The van der Waals surface area contributed by atoms with Crippen molar-refractivity contribution in [3.63, 3.8) is 0 Å². The lowest BCUT2D eigenvalue weighted by molar-refractivity contribution is 0.133. The summed E-state index contributed by atoms with van der Waals surface area (Å²) < 4.78 is 0. The monoisotopic (exact) mass is 131 g/mol. The summed E-state index contributed by atoms with van der Waals surface area (Å²) in [4.78, 5) is 0. The summed E-state index contributed by atoms with van der Waals surface area (Å²) in [6.45, 7) is 6.26. The van der Waals surface area contributed by atoms with Crippen LogP contribution < -0.4 is 10.9 Å². The second-order valence-electron chi connectivity index (χ2n) is 1.89. The highest BCUT2D eigenvalue weighted by Crippen LogP contribution is 1.78. The van der Waals surface area contributed by atoms with Crippen LogP contribution in [0.4, 0.5) is 0 Å². The molecule has 0 heterocycles. The highest BCUT2D eigenvalue weighted by atomic mass is 15.7. The fourth-order valence-corrected chi connectivity index (χ4v) is 0.684. The van der Waals surface area contributed by atoms with Gasteiger partial charge in [0.15, 0.2) is 0 Å². The highest BCUT2D eigenvalue weighted by Gasteiger charge is 1.93. The number of nitrogens with zero attached hydrogens (tertiary/aromatic N) is 1. The molecule has 0 aromatic heterocycles. The molecule has 0 fully saturated rings. The van der Waals surface area contributed by atoms with Crippen LogP contribution in [0.25, 0.3) is 0 Å². The van der Waals surface area contributed by atoms with Gasteiger partial charge in [-0.3, -0.25) is 0 Å². The number of nitrogens with one attached hydrogen (secondary N) is 2. The third-order valence-corrected chi connectivity index (χ3v) is 1.07. The SMILES string of the molecule is CCCN(NC)NCC. The van der Waals surface area contributed by atoms with Crippen LogP contribution in [-0.4, -0.2) is 25.3 Å². The van der Waals surface area contributed by atoms with Crippen molar-refractivity contribution in [3.8, 4) is 0 Å². The second kappa shape index (κ2) is 6.01. The van der Waals surface area contributed by atoms with E-state index in [1.807, 2.05) is 12.2 Å². The van der Waals surface area contributed by atoms with Gasteiger partial charge in [-0.15, -0.1) is 0 Å². The van der Waals surface area contributed by atoms with E-state index >= 15 is 0 Å². The van der Waals surface area contributed by atoms with Gasteiger partial charge >= 0.3 is 0 Å². The first-order valence-corrected chi connectivity index (χ1v) is 3.53. The van der Waals surface area contributed by atoms with Gasteiger partial charge in [-0.05, 0) is 6.42 Å². The van der Waals surface area contributed by atoms with E-state index in [2.05, 4.69) is 24.7 Å². The molecular formula is C6H17N3. The van der Waals surface area contributed by atoms with E-state index in [4.69, 9.17) is 0 Å². The molecule has 0 saturated heterocycles. The van der Waals surface area contributed by atoms with Crippen LogP contribution in [0.1, 0.15) is 20.3 Å². The van der Waals surface area contributed by atoms with E-state index in [0.29, 0.717) is 0 Å². The summed E-state index contributed by atoms with van der Waals surface area (Å²) in [6.07, 6.45) is 1.16. The van der Waals surface area contributed by atoms with Crippen molar-refractivity contribution in [2.45, 2.75) is 20.3 Å². The molecular weight excluding hydrogens is 114 g/mol. The molecule has 3 heteroatoms. The smallest absolute Gasteiger partial charge is 0.0285 e. The number of hydrogen-bond donors (Lipinski definition) is 2. The first-order valence-electron chi connectivity index (χ1n) is 3.53. The van der Waals surface area contributed by atoms with E-state index in [9.17, 15) is 0 Å². The van der Waals surface area contributed by atoms with Crippen LogP contribution in [0, 0.1) is 0 Å². The summed E-state index contributed by atoms with van der Waals surface area (Å²) in [5.74, 6) is 0. The Morgan fingerprint density at radius 3 is 2.33 bits per heavy atom. The van der Waals surface area contributed by atoms with Crippen molar-refractivity contribution in [3.05, 3.63) is 0 Å². The van der Waals surface area contributed by atoms with E-state index in [1.54, 1.807) is 0 Å². The Morgan fingerprint density at radius 1 is 1.33 bits per heavy atom. The fraction of sp³-hybridized carbons (Fsp3) is 1.00. The first-order chi connectivity index (χ1) is 4.35. The molecule has 0 radical (unpaired) electrons. The summed E-state index contributed by atoms with van der Waals surface area (Å²) in [5, 5.41) is 1.99. The Balaban J connectivity index is 3.18. The molecule has 2 N–H and O–H groups in total. The topological polar surface area (TPSA) is 27.3 Å². The van der Waals surface area contributed by atoms with Gasteiger partial charge in [0.25, 0.3) is 0 Å². The maximum atomic E-state index is 3.16. The van der Waals surface area contributed by atoms with Crippen LogP contribution >= 0.6 is 0 Å². The molecule has 0 aliphatic heterocycles. The molecule has 56 valence electrons. The van der Waals surface area contributed by atoms with Crippen LogP contribution in [-0.2, 0) is 0 Å². The first kappa shape index (κ1) is 8.88. The zero-order valence-electron chi connectivity index (χ0n) is 6.57. The molecule has 9 heavy (non-hydrogen) atoms. The van der Waals surface area contributed by atoms with E-state index in [-0.39, 0.29) is 0 Å². The third kappa shape index (κ3) is 4.39. The van der Waals surface area contributed by atoms with E-state index < -0.39 is 0 Å². The Kier molecular flexibility index (Phi) is 5.93. The molecule has 0 bridgehead atoms. The molecule has 3 nitrogen and oxygen atoms in total. The van der Waals surface area contributed by atoms with Crippen molar-refractivity contribution < 1.29 is 0 Å².